The molecule has 0 aromatic heterocycles. The summed E-state index contributed by atoms with van der Waals surface area (Å²) in [7, 11) is 0. The van der Waals surface area contributed by atoms with Gasteiger partial charge in [-0.25, -0.2) is 4.39 Å². The van der Waals surface area contributed by atoms with Crippen LogP contribution in [0, 0.1) is 5.82 Å². The fourth-order valence-corrected chi connectivity index (χ4v) is 2.80. The fourth-order valence-electron chi connectivity index (χ4n) is 2.80. The summed E-state index contributed by atoms with van der Waals surface area (Å²) in [5.74, 6) is -0.753. The summed E-state index contributed by atoms with van der Waals surface area (Å²) < 4.78 is 43.0. The van der Waals surface area contributed by atoms with Gasteiger partial charge in [0, 0.05) is 6.54 Å². The van der Waals surface area contributed by atoms with Gasteiger partial charge in [0.25, 0.3) is 0 Å². The molecular formula is C18H17F3N2O2. The minimum absolute atomic E-state index is 0.00698. The predicted octanol–water partition coefficient (Wildman–Crippen LogP) is 3.25. The molecule has 1 amide bonds. The number of nitrogens with one attached hydrogen (secondary N) is 2. The Morgan fingerprint density at radius 3 is 2.68 bits per heavy atom. The van der Waals surface area contributed by atoms with Crippen molar-refractivity contribution in [3.8, 4) is 5.75 Å². The number of hydrogen-bond donors (Lipinski definition) is 2. The van der Waals surface area contributed by atoms with Crippen LogP contribution in [0.3, 0.4) is 0 Å². The number of alkyl halides is 2. The molecule has 1 aliphatic heterocycles. The van der Waals surface area contributed by atoms with Crippen molar-refractivity contribution in [3.63, 3.8) is 0 Å². The maximum atomic E-state index is 14.5. The summed E-state index contributed by atoms with van der Waals surface area (Å²) in [4.78, 5) is 12.1. The molecule has 1 heterocycles. The number of ether oxygens (including phenoxy) is 1. The Bertz CT molecular complexity index is 764. The molecule has 25 heavy (non-hydrogen) atoms. The molecule has 1 aliphatic rings. The van der Waals surface area contributed by atoms with Crippen LogP contribution in [-0.4, -0.2) is 19.1 Å². The van der Waals surface area contributed by atoms with Gasteiger partial charge in [0.05, 0.1) is 12.1 Å². The lowest BCUT2D eigenvalue weighted by Gasteiger charge is -2.19. The minimum Gasteiger partial charge on any atom is -0.435 e. The number of anilines is 1. The second-order valence-corrected chi connectivity index (χ2v) is 5.74. The Morgan fingerprint density at radius 1 is 1.20 bits per heavy atom. The lowest BCUT2D eigenvalue weighted by atomic mass is 9.99. The second-order valence-electron chi connectivity index (χ2n) is 5.74. The Hall–Kier alpha value is -2.54. The van der Waals surface area contributed by atoms with Gasteiger partial charge < -0.3 is 15.4 Å². The van der Waals surface area contributed by atoms with E-state index in [2.05, 4.69) is 15.4 Å². The van der Waals surface area contributed by atoms with Crippen molar-refractivity contribution in [1.82, 2.24) is 5.32 Å². The number of amides is 1. The maximum Gasteiger partial charge on any atom is 0.387 e. The molecule has 2 N–H and O–H groups in total. The van der Waals surface area contributed by atoms with E-state index < -0.39 is 12.4 Å². The molecule has 0 saturated heterocycles. The minimum atomic E-state index is -2.89. The number of benzene rings is 2. The first kappa shape index (κ1) is 17.3. The average Bonchev–Trinajstić information content (AvgIpc) is 2.59. The molecule has 0 fully saturated rings. The van der Waals surface area contributed by atoms with Crippen LogP contribution in [0.15, 0.2) is 36.4 Å². The van der Waals surface area contributed by atoms with Gasteiger partial charge in [0.1, 0.15) is 11.6 Å². The van der Waals surface area contributed by atoms with Crippen molar-refractivity contribution in [3.05, 3.63) is 58.9 Å². The van der Waals surface area contributed by atoms with Crippen LogP contribution in [0.5, 0.6) is 5.75 Å². The number of carbonyl (C=O) groups is 1. The highest BCUT2D eigenvalue weighted by Crippen LogP contribution is 2.24. The number of fused-ring (bicyclic) bond motifs is 1. The molecule has 0 saturated carbocycles. The van der Waals surface area contributed by atoms with E-state index >= 15 is 0 Å². The first-order valence-corrected chi connectivity index (χ1v) is 7.87. The van der Waals surface area contributed by atoms with Gasteiger partial charge in [0.15, 0.2) is 0 Å². The molecule has 0 atom stereocenters. The summed E-state index contributed by atoms with van der Waals surface area (Å²) in [5, 5.41) is 5.74. The van der Waals surface area contributed by atoms with Crippen LogP contribution < -0.4 is 15.4 Å². The number of carbonyl (C=O) groups excluding carboxylic acids is 1. The van der Waals surface area contributed by atoms with E-state index in [1.165, 1.54) is 24.3 Å². The van der Waals surface area contributed by atoms with Gasteiger partial charge in [-0.2, -0.15) is 8.78 Å². The molecule has 4 nitrogen and oxygen atoms in total. The summed E-state index contributed by atoms with van der Waals surface area (Å²) >= 11 is 0. The molecule has 7 heteroatoms. The van der Waals surface area contributed by atoms with Gasteiger partial charge in [-0.3, -0.25) is 4.79 Å². The first-order valence-electron chi connectivity index (χ1n) is 7.87. The third kappa shape index (κ3) is 4.30. The van der Waals surface area contributed by atoms with Crippen LogP contribution >= 0.6 is 0 Å². The van der Waals surface area contributed by atoms with Crippen LogP contribution in [0.4, 0.5) is 18.9 Å². The van der Waals surface area contributed by atoms with E-state index in [-0.39, 0.29) is 23.8 Å². The van der Waals surface area contributed by atoms with Crippen molar-refractivity contribution < 1.29 is 22.7 Å². The molecule has 0 bridgehead atoms. The number of halogens is 3. The molecule has 132 valence electrons. The van der Waals surface area contributed by atoms with Crippen molar-refractivity contribution in [2.45, 2.75) is 26.0 Å². The fraction of sp³-hybridized carbons (Fsp3) is 0.278. The van der Waals surface area contributed by atoms with Gasteiger partial charge in [-0.15, -0.1) is 0 Å². The SMILES string of the molecule is O=C(Cc1ccc(OC(F)F)cc1)Nc1ccc2c(c1F)CCNC2. The summed E-state index contributed by atoms with van der Waals surface area (Å²) in [6.07, 6.45) is 0.587. The standard InChI is InChI=1S/C18H17F3N2O2/c19-17-14-7-8-22-10-12(14)3-6-15(17)23-16(24)9-11-1-4-13(5-2-11)25-18(20)21/h1-6,18,22H,7-10H2,(H,23,24). The Morgan fingerprint density at radius 2 is 1.96 bits per heavy atom. The Kier molecular flexibility index (Phi) is 5.23. The normalized spacial score (nSPS) is 13.4. The highest BCUT2D eigenvalue weighted by atomic mass is 19.3. The maximum absolute atomic E-state index is 14.5. The number of rotatable bonds is 5. The highest BCUT2D eigenvalue weighted by Gasteiger charge is 2.17. The lowest BCUT2D eigenvalue weighted by molar-refractivity contribution is -0.115. The molecule has 0 spiro atoms. The Labute approximate surface area is 143 Å². The third-order valence-electron chi connectivity index (χ3n) is 3.99. The summed E-state index contributed by atoms with van der Waals surface area (Å²) in [6, 6.07) is 9.12. The zero-order chi connectivity index (χ0) is 17.8. The van der Waals surface area contributed by atoms with Crippen molar-refractivity contribution >= 4 is 11.6 Å². The van der Waals surface area contributed by atoms with Crippen molar-refractivity contribution in [2.24, 2.45) is 0 Å². The van der Waals surface area contributed by atoms with E-state index in [0.717, 1.165) is 5.56 Å². The molecule has 0 aliphatic carbocycles. The largest absolute Gasteiger partial charge is 0.435 e. The Balaban J connectivity index is 1.65. The monoisotopic (exact) mass is 350 g/mol. The topological polar surface area (TPSA) is 50.4 Å². The third-order valence-corrected chi connectivity index (χ3v) is 3.99. The van der Waals surface area contributed by atoms with Gasteiger partial charge in [-0.1, -0.05) is 18.2 Å². The first-order chi connectivity index (χ1) is 12.0. The van der Waals surface area contributed by atoms with E-state index in [9.17, 15) is 18.0 Å². The van der Waals surface area contributed by atoms with Crippen LogP contribution in [0.2, 0.25) is 0 Å². The molecule has 2 aromatic carbocycles. The van der Waals surface area contributed by atoms with Crippen LogP contribution in [0.1, 0.15) is 16.7 Å². The van der Waals surface area contributed by atoms with E-state index in [0.29, 0.717) is 30.6 Å². The molecular weight excluding hydrogens is 333 g/mol. The smallest absolute Gasteiger partial charge is 0.387 e. The van der Waals surface area contributed by atoms with Crippen LogP contribution in [0.25, 0.3) is 0 Å². The lowest BCUT2D eigenvalue weighted by Crippen LogP contribution is -2.25. The zero-order valence-electron chi connectivity index (χ0n) is 13.3. The number of hydrogen-bond acceptors (Lipinski definition) is 3. The van der Waals surface area contributed by atoms with Gasteiger partial charge >= 0.3 is 6.61 Å². The summed E-state index contributed by atoms with van der Waals surface area (Å²) in [5.41, 5.74) is 2.30. The van der Waals surface area contributed by atoms with Gasteiger partial charge in [0.2, 0.25) is 5.91 Å². The van der Waals surface area contributed by atoms with Gasteiger partial charge in [-0.05, 0) is 47.9 Å². The molecule has 3 rings (SSSR count). The molecule has 0 radical (unpaired) electrons. The zero-order valence-corrected chi connectivity index (χ0v) is 13.3. The molecule has 0 unspecified atom stereocenters. The average molecular weight is 350 g/mol. The van der Waals surface area contributed by atoms with E-state index in [4.69, 9.17) is 0 Å². The highest BCUT2D eigenvalue weighted by molar-refractivity contribution is 5.92. The van der Waals surface area contributed by atoms with Crippen LogP contribution in [-0.2, 0) is 24.2 Å². The van der Waals surface area contributed by atoms with E-state index in [1.54, 1.807) is 12.1 Å². The molecule has 2 aromatic rings. The van der Waals surface area contributed by atoms with E-state index in [1.807, 2.05) is 0 Å². The summed E-state index contributed by atoms with van der Waals surface area (Å²) in [6.45, 7) is -1.57. The van der Waals surface area contributed by atoms with Crippen molar-refractivity contribution in [2.75, 3.05) is 11.9 Å². The predicted molar refractivity (Wildman–Crippen MR) is 87.2 cm³/mol. The quantitative estimate of drug-likeness (QED) is 0.870. The second kappa shape index (κ2) is 7.57. The van der Waals surface area contributed by atoms with Crippen molar-refractivity contribution in [1.29, 1.82) is 0 Å².